The molecule has 1 atom stereocenters. The molecule has 0 radical (unpaired) electrons. The molecule has 94 valence electrons. The predicted octanol–water partition coefficient (Wildman–Crippen LogP) is 2.19. The van der Waals surface area contributed by atoms with E-state index in [-0.39, 0.29) is 18.6 Å². The zero-order chi connectivity index (χ0) is 12.8. The fourth-order valence-corrected chi connectivity index (χ4v) is 1.87. The summed E-state index contributed by atoms with van der Waals surface area (Å²) in [6.07, 6.45) is 1.43. The van der Waals surface area contributed by atoms with E-state index in [0.717, 1.165) is 17.5 Å². The van der Waals surface area contributed by atoms with Crippen LogP contribution in [0.25, 0.3) is 0 Å². The molecule has 0 saturated heterocycles. The van der Waals surface area contributed by atoms with Crippen molar-refractivity contribution in [1.82, 2.24) is 5.32 Å². The van der Waals surface area contributed by atoms with Gasteiger partial charge >= 0.3 is 0 Å². The molecule has 1 aromatic carbocycles. The number of carbonyl (C=O) groups excluding carboxylic acids is 1. The van der Waals surface area contributed by atoms with E-state index in [0.29, 0.717) is 12.0 Å². The summed E-state index contributed by atoms with van der Waals surface area (Å²) < 4.78 is 0. The van der Waals surface area contributed by atoms with Crippen molar-refractivity contribution >= 4 is 5.91 Å². The van der Waals surface area contributed by atoms with Crippen LogP contribution in [-0.2, 0) is 0 Å². The van der Waals surface area contributed by atoms with Gasteiger partial charge in [0.05, 0.1) is 0 Å². The number of nitrogens with one attached hydrogen (secondary N) is 1. The molecule has 0 bridgehead atoms. The van der Waals surface area contributed by atoms with Gasteiger partial charge in [0.2, 0.25) is 0 Å². The zero-order valence-corrected chi connectivity index (χ0v) is 10.8. The van der Waals surface area contributed by atoms with E-state index in [2.05, 4.69) is 5.32 Å². The molecule has 1 rings (SSSR count). The van der Waals surface area contributed by atoms with Crippen LogP contribution in [0.1, 0.15) is 41.3 Å². The minimum atomic E-state index is -0.0530. The number of hydrogen-bond donors (Lipinski definition) is 2. The lowest BCUT2D eigenvalue weighted by molar-refractivity contribution is 0.0928. The first-order valence-corrected chi connectivity index (χ1v) is 6.07. The lowest BCUT2D eigenvalue weighted by Crippen LogP contribution is -2.35. The summed E-state index contributed by atoms with van der Waals surface area (Å²) in [7, 11) is 0. The van der Waals surface area contributed by atoms with Gasteiger partial charge in [-0.3, -0.25) is 4.79 Å². The Labute approximate surface area is 103 Å². The standard InChI is InChI=1S/C14H21NO2/c1-4-12(7-8-16)15-14(17)13-6-5-10(2)9-11(13)3/h5-6,9,12,16H,4,7-8H2,1-3H3,(H,15,17). The lowest BCUT2D eigenvalue weighted by atomic mass is 10.0. The quantitative estimate of drug-likeness (QED) is 0.822. The molecule has 17 heavy (non-hydrogen) atoms. The molecule has 0 heterocycles. The van der Waals surface area contributed by atoms with Crippen molar-refractivity contribution in [2.45, 2.75) is 39.7 Å². The largest absolute Gasteiger partial charge is 0.396 e. The number of benzene rings is 1. The second kappa shape index (κ2) is 6.40. The van der Waals surface area contributed by atoms with Gasteiger partial charge in [-0.2, -0.15) is 0 Å². The summed E-state index contributed by atoms with van der Waals surface area (Å²) in [6.45, 7) is 6.05. The first kappa shape index (κ1) is 13.7. The Hall–Kier alpha value is -1.35. The molecule has 2 N–H and O–H groups in total. The van der Waals surface area contributed by atoms with Crippen molar-refractivity contribution in [3.05, 3.63) is 34.9 Å². The van der Waals surface area contributed by atoms with E-state index >= 15 is 0 Å². The zero-order valence-electron chi connectivity index (χ0n) is 10.8. The second-order valence-corrected chi connectivity index (χ2v) is 4.41. The molecule has 0 spiro atoms. The Morgan fingerprint density at radius 3 is 2.65 bits per heavy atom. The summed E-state index contributed by atoms with van der Waals surface area (Å²) in [5.41, 5.74) is 2.86. The number of aliphatic hydroxyl groups excluding tert-OH is 1. The first-order chi connectivity index (χ1) is 8.08. The molecule has 0 aromatic heterocycles. The highest BCUT2D eigenvalue weighted by molar-refractivity contribution is 5.95. The SMILES string of the molecule is CCC(CCO)NC(=O)c1ccc(C)cc1C. The summed E-state index contributed by atoms with van der Waals surface area (Å²) in [5, 5.41) is 11.8. The van der Waals surface area contributed by atoms with E-state index in [1.807, 2.05) is 39.0 Å². The van der Waals surface area contributed by atoms with Crippen molar-refractivity contribution in [1.29, 1.82) is 0 Å². The fraction of sp³-hybridized carbons (Fsp3) is 0.500. The monoisotopic (exact) mass is 235 g/mol. The van der Waals surface area contributed by atoms with Crippen LogP contribution in [0, 0.1) is 13.8 Å². The van der Waals surface area contributed by atoms with Crippen LogP contribution in [0.3, 0.4) is 0 Å². The molecule has 1 aromatic rings. The van der Waals surface area contributed by atoms with Gasteiger partial charge in [0.1, 0.15) is 0 Å². The fourth-order valence-electron chi connectivity index (χ4n) is 1.87. The van der Waals surface area contributed by atoms with Gasteiger partial charge in [0, 0.05) is 18.2 Å². The molecule has 0 saturated carbocycles. The number of aliphatic hydroxyl groups is 1. The Balaban J connectivity index is 2.75. The van der Waals surface area contributed by atoms with Gasteiger partial charge in [-0.1, -0.05) is 24.6 Å². The van der Waals surface area contributed by atoms with Crippen LogP contribution in [0.4, 0.5) is 0 Å². The Bertz CT molecular complexity index is 388. The second-order valence-electron chi connectivity index (χ2n) is 4.41. The highest BCUT2D eigenvalue weighted by atomic mass is 16.3. The van der Waals surface area contributed by atoms with Gasteiger partial charge < -0.3 is 10.4 Å². The molecule has 0 fully saturated rings. The van der Waals surface area contributed by atoms with E-state index in [4.69, 9.17) is 5.11 Å². The van der Waals surface area contributed by atoms with Gasteiger partial charge in [-0.25, -0.2) is 0 Å². The maximum absolute atomic E-state index is 12.0. The average molecular weight is 235 g/mol. The number of aryl methyl sites for hydroxylation is 2. The smallest absolute Gasteiger partial charge is 0.251 e. The maximum atomic E-state index is 12.0. The number of rotatable bonds is 5. The highest BCUT2D eigenvalue weighted by Crippen LogP contribution is 2.11. The number of carbonyl (C=O) groups is 1. The normalized spacial score (nSPS) is 12.2. The minimum absolute atomic E-state index is 0.0493. The van der Waals surface area contributed by atoms with Gasteiger partial charge in [-0.05, 0) is 38.3 Å². The summed E-state index contributed by atoms with van der Waals surface area (Å²) in [4.78, 5) is 12.0. The van der Waals surface area contributed by atoms with E-state index in [1.165, 1.54) is 0 Å². The van der Waals surface area contributed by atoms with Crippen molar-refractivity contribution in [2.75, 3.05) is 6.61 Å². The molecule has 1 amide bonds. The summed E-state index contributed by atoms with van der Waals surface area (Å²) in [6, 6.07) is 5.84. The van der Waals surface area contributed by atoms with Crippen molar-refractivity contribution in [3.8, 4) is 0 Å². The van der Waals surface area contributed by atoms with E-state index in [9.17, 15) is 4.79 Å². The van der Waals surface area contributed by atoms with E-state index < -0.39 is 0 Å². The van der Waals surface area contributed by atoms with Crippen LogP contribution in [0.15, 0.2) is 18.2 Å². The molecular weight excluding hydrogens is 214 g/mol. The number of hydrogen-bond acceptors (Lipinski definition) is 2. The molecule has 3 heteroatoms. The van der Waals surface area contributed by atoms with Crippen LogP contribution >= 0.6 is 0 Å². The third-order valence-corrected chi connectivity index (χ3v) is 2.93. The topological polar surface area (TPSA) is 49.3 Å². The third-order valence-electron chi connectivity index (χ3n) is 2.93. The van der Waals surface area contributed by atoms with E-state index in [1.54, 1.807) is 0 Å². The first-order valence-electron chi connectivity index (χ1n) is 6.07. The van der Waals surface area contributed by atoms with Crippen molar-refractivity contribution in [2.24, 2.45) is 0 Å². The van der Waals surface area contributed by atoms with Gasteiger partial charge in [-0.15, -0.1) is 0 Å². The predicted molar refractivity (Wildman–Crippen MR) is 69.2 cm³/mol. The van der Waals surface area contributed by atoms with Crippen LogP contribution < -0.4 is 5.32 Å². The average Bonchev–Trinajstić information content (AvgIpc) is 2.28. The number of amides is 1. The molecule has 3 nitrogen and oxygen atoms in total. The molecule has 0 aliphatic carbocycles. The summed E-state index contributed by atoms with van der Waals surface area (Å²) >= 11 is 0. The molecule has 0 aliphatic rings. The van der Waals surface area contributed by atoms with Crippen LogP contribution in [0.2, 0.25) is 0 Å². The Morgan fingerprint density at radius 1 is 1.41 bits per heavy atom. The van der Waals surface area contributed by atoms with Crippen LogP contribution in [0.5, 0.6) is 0 Å². The minimum Gasteiger partial charge on any atom is -0.396 e. The Morgan fingerprint density at radius 2 is 2.12 bits per heavy atom. The lowest BCUT2D eigenvalue weighted by Gasteiger charge is -2.16. The van der Waals surface area contributed by atoms with Gasteiger partial charge in [0.15, 0.2) is 0 Å². The summed E-state index contributed by atoms with van der Waals surface area (Å²) in [5.74, 6) is -0.0530. The third kappa shape index (κ3) is 3.86. The van der Waals surface area contributed by atoms with Crippen LogP contribution in [-0.4, -0.2) is 23.7 Å². The van der Waals surface area contributed by atoms with Gasteiger partial charge in [0.25, 0.3) is 5.91 Å². The molecule has 1 unspecified atom stereocenters. The molecule has 0 aliphatic heterocycles. The van der Waals surface area contributed by atoms with Crippen molar-refractivity contribution in [3.63, 3.8) is 0 Å². The molecular formula is C14H21NO2. The van der Waals surface area contributed by atoms with Crippen molar-refractivity contribution < 1.29 is 9.90 Å². The Kier molecular flexibility index (Phi) is 5.16. The maximum Gasteiger partial charge on any atom is 0.251 e. The highest BCUT2D eigenvalue weighted by Gasteiger charge is 2.13.